The number of nitrogens with one attached hydrogen (secondary N) is 1. The van der Waals surface area contributed by atoms with Crippen LogP contribution >= 0.6 is 11.8 Å². The van der Waals surface area contributed by atoms with Gasteiger partial charge in [0.15, 0.2) is 5.16 Å². The van der Waals surface area contributed by atoms with E-state index >= 15 is 0 Å². The van der Waals surface area contributed by atoms with Crippen molar-refractivity contribution in [2.24, 2.45) is 5.10 Å². The zero-order chi connectivity index (χ0) is 21.6. The Bertz CT molecular complexity index is 1300. The number of rotatable bonds is 6. The standard InChI is InChI=1S/C24H20N4O2S/c1-17(18-10-4-2-5-11-18)26-27-22(29)16-31-24-25-21-15-9-8-14-20(21)23(30)28(24)19-12-6-3-7-13-19/h2-15H,16H2,1H3,(H,27,29)/b26-17+. The van der Waals surface area contributed by atoms with Gasteiger partial charge in [-0.15, -0.1) is 0 Å². The second kappa shape index (κ2) is 9.40. The van der Waals surface area contributed by atoms with Crippen molar-refractivity contribution in [1.82, 2.24) is 15.0 Å². The third-order valence-electron chi connectivity index (χ3n) is 4.63. The summed E-state index contributed by atoms with van der Waals surface area (Å²) >= 11 is 1.20. The number of thioether (sulfide) groups is 1. The van der Waals surface area contributed by atoms with Crippen LogP contribution in [0.25, 0.3) is 16.6 Å². The van der Waals surface area contributed by atoms with Crippen LogP contribution in [0.15, 0.2) is 100.0 Å². The van der Waals surface area contributed by atoms with Crippen LogP contribution in [0.4, 0.5) is 0 Å². The van der Waals surface area contributed by atoms with E-state index in [1.54, 1.807) is 16.7 Å². The van der Waals surface area contributed by atoms with Gasteiger partial charge in [-0.3, -0.25) is 14.2 Å². The third-order valence-corrected chi connectivity index (χ3v) is 5.57. The largest absolute Gasteiger partial charge is 0.272 e. The van der Waals surface area contributed by atoms with Crippen LogP contribution < -0.4 is 11.0 Å². The summed E-state index contributed by atoms with van der Waals surface area (Å²) in [5, 5.41) is 5.15. The van der Waals surface area contributed by atoms with Crippen molar-refractivity contribution in [2.45, 2.75) is 12.1 Å². The average molecular weight is 429 g/mol. The molecule has 0 saturated heterocycles. The first-order valence-electron chi connectivity index (χ1n) is 9.72. The lowest BCUT2D eigenvalue weighted by Crippen LogP contribution is -2.24. The number of nitrogens with zero attached hydrogens (tertiary/aromatic N) is 3. The van der Waals surface area contributed by atoms with E-state index in [0.717, 1.165) is 5.56 Å². The zero-order valence-electron chi connectivity index (χ0n) is 16.9. The first-order chi connectivity index (χ1) is 15.1. The van der Waals surface area contributed by atoms with Crippen molar-refractivity contribution in [3.8, 4) is 5.69 Å². The summed E-state index contributed by atoms with van der Waals surface area (Å²) in [6, 6.07) is 26.1. The number of carbonyl (C=O) groups excluding carboxylic acids is 1. The highest BCUT2D eigenvalue weighted by atomic mass is 32.2. The lowest BCUT2D eigenvalue weighted by atomic mass is 10.1. The molecule has 31 heavy (non-hydrogen) atoms. The zero-order valence-corrected chi connectivity index (χ0v) is 17.7. The molecule has 0 aliphatic heterocycles. The van der Waals surface area contributed by atoms with E-state index in [1.165, 1.54) is 11.8 Å². The molecule has 6 nitrogen and oxygen atoms in total. The van der Waals surface area contributed by atoms with Crippen LogP contribution in [0.1, 0.15) is 12.5 Å². The Labute approximate surface area is 183 Å². The van der Waals surface area contributed by atoms with Crippen molar-refractivity contribution < 1.29 is 4.79 Å². The number of hydrazone groups is 1. The maximum Gasteiger partial charge on any atom is 0.266 e. The minimum absolute atomic E-state index is 0.0726. The first kappa shape index (κ1) is 20.6. The smallest absolute Gasteiger partial charge is 0.266 e. The SMILES string of the molecule is C/C(=N\NC(=O)CSc1nc2ccccc2c(=O)n1-c1ccccc1)c1ccccc1. The van der Waals surface area contributed by atoms with E-state index in [-0.39, 0.29) is 17.2 Å². The predicted octanol–water partition coefficient (Wildman–Crippen LogP) is 4.02. The summed E-state index contributed by atoms with van der Waals surface area (Å²) in [6.45, 7) is 1.83. The van der Waals surface area contributed by atoms with Gasteiger partial charge in [-0.2, -0.15) is 5.10 Å². The number of hydrogen-bond donors (Lipinski definition) is 1. The number of hydrogen-bond acceptors (Lipinski definition) is 5. The molecule has 0 aliphatic rings. The molecule has 4 rings (SSSR count). The summed E-state index contributed by atoms with van der Waals surface area (Å²) in [7, 11) is 0. The van der Waals surface area contributed by atoms with Gasteiger partial charge in [-0.05, 0) is 36.8 Å². The molecule has 7 heteroatoms. The Balaban J connectivity index is 1.58. The van der Waals surface area contributed by atoms with Crippen LogP contribution in [-0.4, -0.2) is 26.9 Å². The Hall–Kier alpha value is -3.71. The molecule has 0 radical (unpaired) electrons. The molecule has 1 aromatic heterocycles. The van der Waals surface area contributed by atoms with Gasteiger partial charge < -0.3 is 0 Å². The van der Waals surface area contributed by atoms with Crippen molar-refractivity contribution in [1.29, 1.82) is 0 Å². The fraction of sp³-hybridized carbons (Fsp3) is 0.0833. The van der Waals surface area contributed by atoms with E-state index < -0.39 is 0 Å². The van der Waals surface area contributed by atoms with Gasteiger partial charge in [0.25, 0.3) is 11.5 Å². The minimum Gasteiger partial charge on any atom is -0.272 e. The lowest BCUT2D eigenvalue weighted by molar-refractivity contribution is -0.118. The summed E-state index contributed by atoms with van der Waals surface area (Å²) in [5.41, 5.74) is 5.35. The van der Waals surface area contributed by atoms with Gasteiger partial charge in [0.05, 0.1) is 28.1 Å². The molecular weight excluding hydrogens is 408 g/mol. The lowest BCUT2D eigenvalue weighted by Gasteiger charge is -2.13. The first-order valence-corrected chi connectivity index (χ1v) is 10.7. The van der Waals surface area contributed by atoms with Crippen molar-refractivity contribution in [2.75, 3.05) is 5.75 Å². The molecule has 0 saturated carbocycles. The van der Waals surface area contributed by atoms with E-state index in [2.05, 4.69) is 15.5 Å². The molecule has 0 unspecified atom stereocenters. The summed E-state index contributed by atoms with van der Waals surface area (Å²) < 4.78 is 1.54. The Morgan fingerprint density at radius 3 is 2.35 bits per heavy atom. The highest BCUT2D eigenvalue weighted by Gasteiger charge is 2.14. The second-order valence-electron chi connectivity index (χ2n) is 6.77. The number of carbonyl (C=O) groups is 1. The summed E-state index contributed by atoms with van der Waals surface area (Å²) in [4.78, 5) is 30.2. The molecule has 1 N–H and O–H groups in total. The van der Waals surface area contributed by atoms with Gasteiger partial charge >= 0.3 is 0 Å². The van der Waals surface area contributed by atoms with Gasteiger partial charge in [-0.25, -0.2) is 10.4 Å². The molecule has 154 valence electrons. The van der Waals surface area contributed by atoms with Crippen LogP contribution in [0.5, 0.6) is 0 Å². The highest BCUT2D eigenvalue weighted by Crippen LogP contribution is 2.21. The Kier molecular flexibility index (Phi) is 6.24. The van der Waals surface area contributed by atoms with Crippen LogP contribution in [0.2, 0.25) is 0 Å². The van der Waals surface area contributed by atoms with Gasteiger partial charge in [0, 0.05) is 0 Å². The molecule has 0 spiro atoms. The Morgan fingerprint density at radius 2 is 1.61 bits per heavy atom. The van der Waals surface area contributed by atoms with Gasteiger partial charge in [0.2, 0.25) is 0 Å². The van der Waals surface area contributed by atoms with Crippen LogP contribution in [0.3, 0.4) is 0 Å². The Morgan fingerprint density at radius 1 is 0.968 bits per heavy atom. The van der Waals surface area contributed by atoms with E-state index in [9.17, 15) is 9.59 Å². The fourth-order valence-electron chi connectivity index (χ4n) is 3.07. The van der Waals surface area contributed by atoms with E-state index in [4.69, 9.17) is 0 Å². The monoisotopic (exact) mass is 428 g/mol. The second-order valence-corrected chi connectivity index (χ2v) is 7.72. The topological polar surface area (TPSA) is 76.3 Å². The highest BCUT2D eigenvalue weighted by molar-refractivity contribution is 7.99. The molecule has 4 aromatic rings. The molecule has 0 atom stereocenters. The molecule has 0 aliphatic carbocycles. The number of para-hydroxylation sites is 2. The fourth-order valence-corrected chi connectivity index (χ4v) is 3.87. The van der Waals surface area contributed by atoms with Gasteiger partial charge in [0.1, 0.15) is 0 Å². The van der Waals surface area contributed by atoms with Crippen molar-refractivity contribution in [3.63, 3.8) is 0 Å². The third kappa shape index (κ3) is 4.73. The molecule has 3 aromatic carbocycles. The molecule has 1 heterocycles. The quantitative estimate of drug-likeness (QED) is 0.218. The van der Waals surface area contributed by atoms with Gasteiger partial charge in [-0.1, -0.05) is 72.4 Å². The molecular formula is C24H20N4O2S. The summed E-state index contributed by atoms with van der Waals surface area (Å²) in [6.07, 6.45) is 0. The summed E-state index contributed by atoms with van der Waals surface area (Å²) in [5.74, 6) is -0.203. The van der Waals surface area contributed by atoms with E-state index in [0.29, 0.717) is 27.5 Å². The maximum absolute atomic E-state index is 13.2. The predicted molar refractivity (Wildman–Crippen MR) is 125 cm³/mol. The number of fused-ring (bicyclic) bond motifs is 1. The molecule has 1 amide bonds. The van der Waals surface area contributed by atoms with Crippen molar-refractivity contribution in [3.05, 3.63) is 101 Å². The average Bonchev–Trinajstić information content (AvgIpc) is 2.82. The van der Waals surface area contributed by atoms with Crippen molar-refractivity contribution >= 4 is 34.3 Å². The van der Waals surface area contributed by atoms with Crippen LogP contribution in [0, 0.1) is 0 Å². The number of aromatic nitrogens is 2. The number of benzene rings is 3. The molecule has 0 fully saturated rings. The molecule has 0 bridgehead atoms. The van der Waals surface area contributed by atoms with E-state index in [1.807, 2.05) is 79.7 Å². The maximum atomic E-state index is 13.2. The normalized spacial score (nSPS) is 11.5. The number of amides is 1. The minimum atomic E-state index is -0.276. The van der Waals surface area contributed by atoms with Crippen LogP contribution in [-0.2, 0) is 4.79 Å².